The van der Waals surface area contributed by atoms with Gasteiger partial charge in [-0.05, 0) is 43.2 Å². The molecule has 0 aliphatic carbocycles. The van der Waals surface area contributed by atoms with Crippen LogP contribution in [0, 0.1) is 0 Å². The van der Waals surface area contributed by atoms with Crippen LogP contribution < -0.4 is 0 Å². The maximum atomic E-state index is 5.47. The first-order valence-corrected chi connectivity index (χ1v) is 8.94. The molecule has 0 atom stereocenters. The van der Waals surface area contributed by atoms with Gasteiger partial charge >= 0.3 is 0 Å². The molecule has 1 aromatic carbocycles. The molecule has 1 aliphatic heterocycles. The van der Waals surface area contributed by atoms with E-state index in [1.54, 1.807) is 18.9 Å². The minimum atomic E-state index is 0. The highest BCUT2D eigenvalue weighted by molar-refractivity contribution is 5.85. The first-order chi connectivity index (χ1) is 12.9. The predicted molar refractivity (Wildman–Crippen MR) is 111 cm³/mol. The zero-order valence-corrected chi connectivity index (χ0v) is 16.9. The summed E-state index contributed by atoms with van der Waals surface area (Å²) in [7, 11) is 0. The lowest BCUT2D eigenvalue weighted by atomic mass is 10.0. The van der Waals surface area contributed by atoms with Gasteiger partial charge in [-0.3, -0.25) is 14.1 Å². The molecule has 1 saturated heterocycles. The summed E-state index contributed by atoms with van der Waals surface area (Å²) >= 11 is 0. The fourth-order valence-electron chi connectivity index (χ4n) is 3.76. The van der Waals surface area contributed by atoms with Crippen LogP contribution >= 0.6 is 24.8 Å². The van der Waals surface area contributed by atoms with Crippen LogP contribution in [0.1, 0.15) is 24.6 Å². The maximum absolute atomic E-state index is 5.47. The third kappa shape index (κ3) is 3.92. The second-order valence-corrected chi connectivity index (χ2v) is 6.79. The number of hydrogen-bond donors (Lipinski definition) is 0. The van der Waals surface area contributed by atoms with Crippen molar-refractivity contribution in [2.24, 2.45) is 0 Å². The Morgan fingerprint density at radius 1 is 1.04 bits per heavy atom. The number of rotatable bonds is 4. The molecule has 4 heterocycles. The van der Waals surface area contributed by atoms with Gasteiger partial charge in [-0.2, -0.15) is 5.10 Å². The average molecular weight is 421 g/mol. The van der Waals surface area contributed by atoms with Crippen LogP contribution in [0.3, 0.4) is 0 Å². The summed E-state index contributed by atoms with van der Waals surface area (Å²) in [5, 5.41) is 13.6. The van der Waals surface area contributed by atoms with Crippen LogP contribution in [0.4, 0.5) is 0 Å². The Morgan fingerprint density at radius 3 is 2.54 bits per heavy atom. The first kappa shape index (κ1) is 20.4. The molecule has 0 amide bonds. The summed E-state index contributed by atoms with van der Waals surface area (Å²) in [5.74, 6) is 1.03. The predicted octanol–water partition coefficient (Wildman–Crippen LogP) is 3.89. The topological polar surface area (TPSA) is 64.9 Å². The molecule has 0 bridgehead atoms. The van der Waals surface area contributed by atoms with Gasteiger partial charge in [0.05, 0.1) is 36.3 Å². The standard InChI is InChI=1S/C19H20N6O.2ClH/c1-2-18(26-9-1)12-23-7-5-16(6-8-23)25-19-10-17(24-13-20-21-14-24)4-3-15(19)11-22-25;;/h1-4,9-11,13-14,16H,5-8,12H2;2*1H. The van der Waals surface area contributed by atoms with Crippen molar-refractivity contribution < 1.29 is 4.42 Å². The third-order valence-electron chi connectivity index (χ3n) is 5.16. The fraction of sp³-hybridized carbons (Fsp3) is 0.316. The monoisotopic (exact) mass is 420 g/mol. The number of furan rings is 1. The van der Waals surface area contributed by atoms with Crippen molar-refractivity contribution in [3.8, 4) is 5.69 Å². The van der Waals surface area contributed by atoms with Gasteiger partial charge in [0.2, 0.25) is 0 Å². The number of aromatic nitrogens is 5. The molecule has 5 rings (SSSR count). The van der Waals surface area contributed by atoms with Crippen molar-refractivity contribution in [3.63, 3.8) is 0 Å². The molecule has 3 aromatic heterocycles. The lowest BCUT2D eigenvalue weighted by Gasteiger charge is -2.31. The van der Waals surface area contributed by atoms with Crippen LogP contribution in [0.15, 0.2) is 59.9 Å². The van der Waals surface area contributed by atoms with Crippen LogP contribution in [-0.2, 0) is 6.54 Å². The Labute approximate surface area is 175 Å². The average Bonchev–Trinajstić information content (AvgIpc) is 3.43. The third-order valence-corrected chi connectivity index (χ3v) is 5.16. The second-order valence-electron chi connectivity index (χ2n) is 6.79. The van der Waals surface area contributed by atoms with Gasteiger partial charge in [0.1, 0.15) is 18.4 Å². The number of likely N-dealkylation sites (tertiary alicyclic amines) is 1. The Morgan fingerprint density at radius 2 is 1.82 bits per heavy atom. The normalized spacial score (nSPS) is 15.3. The molecular weight excluding hydrogens is 399 g/mol. The zero-order chi connectivity index (χ0) is 17.3. The van der Waals surface area contributed by atoms with Gasteiger partial charge in [-0.1, -0.05) is 0 Å². The molecule has 0 N–H and O–H groups in total. The van der Waals surface area contributed by atoms with Gasteiger partial charge in [0.15, 0.2) is 0 Å². The van der Waals surface area contributed by atoms with E-state index in [2.05, 4.69) is 43.1 Å². The SMILES string of the molecule is Cl.Cl.c1coc(CN2CCC(n3ncc4ccc(-n5cnnc5)cc43)CC2)c1. The molecule has 1 fully saturated rings. The molecule has 0 saturated carbocycles. The highest BCUT2D eigenvalue weighted by Gasteiger charge is 2.23. The Hall–Kier alpha value is -2.35. The molecule has 28 heavy (non-hydrogen) atoms. The molecular formula is C19H22Cl2N6O. The number of fused-ring (bicyclic) bond motifs is 1. The molecule has 4 aromatic rings. The summed E-state index contributed by atoms with van der Waals surface area (Å²) in [6.07, 6.45) is 9.32. The maximum Gasteiger partial charge on any atom is 0.123 e. The Kier molecular flexibility index (Phi) is 6.39. The quantitative estimate of drug-likeness (QED) is 0.500. The molecule has 1 aliphatic rings. The number of halogens is 2. The molecule has 0 radical (unpaired) electrons. The molecule has 0 spiro atoms. The van der Waals surface area contributed by atoms with E-state index in [4.69, 9.17) is 4.42 Å². The van der Waals surface area contributed by atoms with Crippen molar-refractivity contribution in [3.05, 3.63) is 61.2 Å². The van der Waals surface area contributed by atoms with E-state index in [0.717, 1.165) is 43.9 Å². The fourth-order valence-corrected chi connectivity index (χ4v) is 3.76. The molecule has 0 unspecified atom stereocenters. The highest BCUT2D eigenvalue weighted by atomic mass is 35.5. The van der Waals surface area contributed by atoms with E-state index >= 15 is 0 Å². The number of piperidine rings is 1. The van der Waals surface area contributed by atoms with Crippen molar-refractivity contribution in [2.75, 3.05) is 13.1 Å². The summed E-state index contributed by atoms with van der Waals surface area (Å²) in [6.45, 7) is 2.99. The van der Waals surface area contributed by atoms with E-state index in [1.807, 2.05) is 22.9 Å². The summed E-state index contributed by atoms with van der Waals surface area (Å²) in [5.41, 5.74) is 2.22. The Balaban J connectivity index is 0.00000112. The zero-order valence-electron chi connectivity index (χ0n) is 15.2. The Bertz CT molecular complexity index is 991. The van der Waals surface area contributed by atoms with Gasteiger partial charge in [-0.25, -0.2) is 0 Å². The van der Waals surface area contributed by atoms with Crippen LogP contribution in [0.5, 0.6) is 0 Å². The number of nitrogens with zero attached hydrogens (tertiary/aromatic N) is 6. The van der Waals surface area contributed by atoms with E-state index in [0.29, 0.717) is 6.04 Å². The van der Waals surface area contributed by atoms with Gasteiger partial charge in [0.25, 0.3) is 0 Å². The summed E-state index contributed by atoms with van der Waals surface area (Å²) in [4.78, 5) is 2.45. The lowest BCUT2D eigenvalue weighted by Crippen LogP contribution is -2.34. The molecule has 148 valence electrons. The van der Waals surface area contributed by atoms with Gasteiger partial charge < -0.3 is 4.42 Å². The number of benzene rings is 1. The van der Waals surface area contributed by atoms with E-state index < -0.39 is 0 Å². The van der Waals surface area contributed by atoms with Gasteiger partial charge in [0, 0.05) is 18.5 Å². The van der Waals surface area contributed by atoms with E-state index in [9.17, 15) is 0 Å². The van der Waals surface area contributed by atoms with Crippen LogP contribution in [-0.4, -0.2) is 42.5 Å². The van der Waals surface area contributed by atoms with Crippen LogP contribution in [0.2, 0.25) is 0 Å². The lowest BCUT2D eigenvalue weighted by molar-refractivity contribution is 0.165. The van der Waals surface area contributed by atoms with E-state index in [1.165, 1.54) is 10.9 Å². The largest absolute Gasteiger partial charge is 0.468 e. The van der Waals surface area contributed by atoms with Gasteiger partial charge in [-0.15, -0.1) is 35.0 Å². The van der Waals surface area contributed by atoms with Crippen molar-refractivity contribution >= 4 is 35.7 Å². The second kappa shape index (κ2) is 8.77. The smallest absolute Gasteiger partial charge is 0.123 e. The summed E-state index contributed by atoms with van der Waals surface area (Å²) in [6, 6.07) is 10.8. The minimum absolute atomic E-state index is 0. The summed E-state index contributed by atoms with van der Waals surface area (Å²) < 4.78 is 9.58. The first-order valence-electron chi connectivity index (χ1n) is 8.94. The van der Waals surface area contributed by atoms with Crippen LogP contribution in [0.25, 0.3) is 16.6 Å². The minimum Gasteiger partial charge on any atom is -0.468 e. The molecule has 7 nitrogen and oxygen atoms in total. The van der Waals surface area contributed by atoms with Crippen molar-refractivity contribution in [1.82, 2.24) is 29.4 Å². The van der Waals surface area contributed by atoms with Crippen molar-refractivity contribution in [2.45, 2.75) is 25.4 Å². The van der Waals surface area contributed by atoms with Crippen molar-refractivity contribution in [1.29, 1.82) is 0 Å². The van der Waals surface area contributed by atoms with E-state index in [-0.39, 0.29) is 24.8 Å². The molecule has 9 heteroatoms. The highest BCUT2D eigenvalue weighted by Crippen LogP contribution is 2.28. The number of hydrogen-bond acceptors (Lipinski definition) is 5.